The van der Waals surface area contributed by atoms with Gasteiger partial charge < -0.3 is 4.98 Å². The van der Waals surface area contributed by atoms with Gasteiger partial charge in [-0.15, -0.1) is 5.10 Å². The number of amides is 1. The fraction of sp³-hybridized carbons (Fsp3) is 0.167. The molecule has 1 amide bonds. The number of benzene rings is 2. The van der Waals surface area contributed by atoms with E-state index in [4.69, 9.17) is 0 Å². The lowest BCUT2D eigenvalue weighted by molar-refractivity contribution is -0.119. The number of aromatic amines is 1. The molecule has 8 nitrogen and oxygen atoms in total. The Morgan fingerprint density at radius 2 is 1.92 bits per heavy atom. The monoisotopic (exact) mass is 347 g/mol. The van der Waals surface area contributed by atoms with Crippen molar-refractivity contribution in [2.24, 2.45) is 0 Å². The average Bonchev–Trinajstić information content (AvgIpc) is 3.25. The molecule has 2 heterocycles. The summed E-state index contributed by atoms with van der Waals surface area (Å²) < 4.78 is 1.53. The third-order valence-corrected chi connectivity index (χ3v) is 4.16. The number of carbonyl (C=O) groups excluding carboxylic acids is 1. The van der Waals surface area contributed by atoms with Crippen molar-refractivity contribution in [3.05, 3.63) is 66.0 Å². The SMILES string of the molecule is Cc1nnnn1C(Cc1ccccc1)C(=O)Nc1nc2ccccc2[nH]1. The van der Waals surface area contributed by atoms with Crippen molar-refractivity contribution in [1.29, 1.82) is 0 Å². The Labute approximate surface area is 149 Å². The molecule has 2 aromatic heterocycles. The third-order valence-electron chi connectivity index (χ3n) is 4.16. The van der Waals surface area contributed by atoms with Crippen molar-refractivity contribution < 1.29 is 4.79 Å². The van der Waals surface area contributed by atoms with Crippen molar-refractivity contribution in [3.8, 4) is 0 Å². The molecule has 4 aromatic rings. The number of para-hydroxylation sites is 2. The number of H-pyrrole nitrogens is 1. The molecule has 0 radical (unpaired) electrons. The Bertz CT molecular complexity index is 1000. The van der Waals surface area contributed by atoms with Crippen molar-refractivity contribution in [3.63, 3.8) is 0 Å². The second-order valence-corrected chi connectivity index (χ2v) is 5.97. The molecule has 26 heavy (non-hydrogen) atoms. The standard InChI is InChI=1S/C18H17N7O/c1-12-22-23-24-25(12)16(11-13-7-3-2-4-8-13)17(26)21-18-19-14-9-5-6-10-15(14)20-18/h2-10,16H,11H2,1H3,(H2,19,20,21,26). The molecule has 2 N–H and O–H groups in total. The number of aromatic nitrogens is 6. The summed E-state index contributed by atoms with van der Waals surface area (Å²) in [6, 6.07) is 16.8. The molecule has 1 atom stereocenters. The average molecular weight is 347 g/mol. The summed E-state index contributed by atoms with van der Waals surface area (Å²) in [5.41, 5.74) is 2.68. The molecule has 0 saturated heterocycles. The fourth-order valence-electron chi connectivity index (χ4n) is 2.87. The van der Waals surface area contributed by atoms with Crippen LogP contribution in [0.5, 0.6) is 0 Å². The van der Waals surface area contributed by atoms with Gasteiger partial charge in [0.05, 0.1) is 11.0 Å². The summed E-state index contributed by atoms with van der Waals surface area (Å²) in [5.74, 6) is 0.744. The minimum Gasteiger partial charge on any atom is -0.324 e. The van der Waals surface area contributed by atoms with Crippen LogP contribution >= 0.6 is 0 Å². The van der Waals surface area contributed by atoms with E-state index in [-0.39, 0.29) is 5.91 Å². The van der Waals surface area contributed by atoms with E-state index in [2.05, 4.69) is 30.8 Å². The summed E-state index contributed by atoms with van der Waals surface area (Å²) in [7, 11) is 0. The molecule has 0 aliphatic heterocycles. The van der Waals surface area contributed by atoms with Crippen LogP contribution in [-0.4, -0.2) is 36.1 Å². The van der Waals surface area contributed by atoms with Crippen LogP contribution in [0.4, 0.5) is 5.95 Å². The number of rotatable bonds is 5. The Balaban J connectivity index is 1.62. The van der Waals surface area contributed by atoms with Gasteiger partial charge in [-0.3, -0.25) is 10.1 Å². The lowest BCUT2D eigenvalue weighted by Crippen LogP contribution is -2.29. The zero-order chi connectivity index (χ0) is 17.9. The number of imidazole rings is 1. The first-order valence-electron chi connectivity index (χ1n) is 8.25. The highest BCUT2D eigenvalue weighted by atomic mass is 16.2. The quantitative estimate of drug-likeness (QED) is 0.577. The van der Waals surface area contributed by atoms with Gasteiger partial charge in [-0.2, -0.15) is 0 Å². The highest BCUT2D eigenvalue weighted by molar-refractivity contribution is 5.93. The smallest absolute Gasteiger partial charge is 0.252 e. The van der Waals surface area contributed by atoms with Crippen molar-refractivity contribution in [2.75, 3.05) is 5.32 Å². The molecule has 2 aromatic carbocycles. The molecule has 130 valence electrons. The van der Waals surface area contributed by atoms with Gasteiger partial charge in [0.1, 0.15) is 11.9 Å². The number of carbonyl (C=O) groups is 1. The first-order valence-corrected chi connectivity index (χ1v) is 8.25. The van der Waals surface area contributed by atoms with Gasteiger partial charge in [0.25, 0.3) is 5.91 Å². The summed E-state index contributed by atoms with van der Waals surface area (Å²) in [4.78, 5) is 20.5. The number of hydrogen-bond donors (Lipinski definition) is 2. The van der Waals surface area contributed by atoms with E-state index < -0.39 is 6.04 Å². The van der Waals surface area contributed by atoms with Crippen LogP contribution in [-0.2, 0) is 11.2 Å². The molecule has 0 spiro atoms. The van der Waals surface area contributed by atoms with Gasteiger partial charge in [0.15, 0.2) is 0 Å². The van der Waals surface area contributed by atoms with Gasteiger partial charge in [0.2, 0.25) is 5.95 Å². The van der Waals surface area contributed by atoms with Crippen LogP contribution in [0, 0.1) is 6.92 Å². The van der Waals surface area contributed by atoms with Crippen LogP contribution in [0.1, 0.15) is 17.4 Å². The second-order valence-electron chi connectivity index (χ2n) is 5.97. The summed E-state index contributed by atoms with van der Waals surface area (Å²) in [5, 5.41) is 14.4. The number of fused-ring (bicyclic) bond motifs is 1. The largest absolute Gasteiger partial charge is 0.324 e. The number of hydrogen-bond acceptors (Lipinski definition) is 5. The van der Waals surface area contributed by atoms with Crippen LogP contribution in [0.25, 0.3) is 11.0 Å². The van der Waals surface area contributed by atoms with Gasteiger partial charge >= 0.3 is 0 Å². The van der Waals surface area contributed by atoms with Crippen molar-refractivity contribution >= 4 is 22.9 Å². The molecule has 8 heteroatoms. The Morgan fingerprint density at radius 3 is 2.65 bits per heavy atom. The molecule has 0 aliphatic carbocycles. The first-order chi connectivity index (χ1) is 12.7. The zero-order valence-corrected chi connectivity index (χ0v) is 14.1. The summed E-state index contributed by atoms with van der Waals surface area (Å²) in [6.45, 7) is 1.77. The molecule has 0 bridgehead atoms. The molecule has 0 fully saturated rings. The summed E-state index contributed by atoms with van der Waals surface area (Å²) in [6.07, 6.45) is 0.471. The maximum atomic E-state index is 13.0. The van der Waals surface area contributed by atoms with E-state index in [0.717, 1.165) is 16.6 Å². The summed E-state index contributed by atoms with van der Waals surface area (Å²) >= 11 is 0. The van der Waals surface area contributed by atoms with E-state index in [1.165, 1.54) is 4.68 Å². The van der Waals surface area contributed by atoms with E-state index in [0.29, 0.717) is 18.2 Å². The van der Waals surface area contributed by atoms with E-state index in [9.17, 15) is 4.79 Å². The van der Waals surface area contributed by atoms with Gasteiger partial charge in [-0.1, -0.05) is 42.5 Å². The second kappa shape index (κ2) is 6.75. The van der Waals surface area contributed by atoms with E-state index in [1.807, 2.05) is 54.6 Å². The van der Waals surface area contributed by atoms with Crippen molar-refractivity contribution in [2.45, 2.75) is 19.4 Å². The highest BCUT2D eigenvalue weighted by Crippen LogP contribution is 2.18. The number of tetrazole rings is 1. The highest BCUT2D eigenvalue weighted by Gasteiger charge is 2.25. The molecule has 0 aliphatic rings. The topological polar surface area (TPSA) is 101 Å². The van der Waals surface area contributed by atoms with E-state index in [1.54, 1.807) is 6.92 Å². The minimum atomic E-state index is -0.583. The molecular weight excluding hydrogens is 330 g/mol. The Hall–Kier alpha value is -3.55. The Kier molecular flexibility index (Phi) is 4.14. The van der Waals surface area contributed by atoms with E-state index >= 15 is 0 Å². The molecule has 4 rings (SSSR count). The number of aryl methyl sites for hydroxylation is 1. The fourth-order valence-corrected chi connectivity index (χ4v) is 2.87. The predicted octanol–water partition coefficient (Wildman–Crippen LogP) is 2.28. The number of anilines is 1. The lowest BCUT2D eigenvalue weighted by Gasteiger charge is -2.16. The molecule has 1 unspecified atom stereocenters. The first kappa shape index (κ1) is 15.9. The maximum Gasteiger partial charge on any atom is 0.252 e. The Morgan fingerprint density at radius 1 is 1.15 bits per heavy atom. The lowest BCUT2D eigenvalue weighted by atomic mass is 10.1. The molecular formula is C18H17N7O. The maximum absolute atomic E-state index is 13.0. The predicted molar refractivity (Wildman–Crippen MR) is 96.5 cm³/mol. The van der Waals surface area contributed by atoms with Crippen molar-refractivity contribution in [1.82, 2.24) is 30.2 Å². The minimum absolute atomic E-state index is 0.233. The van der Waals surface area contributed by atoms with Gasteiger partial charge in [-0.05, 0) is 35.0 Å². The van der Waals surface area contributed by atoms with Gasteiger partial charge in [-0.25, -0.2) is 9.67 Å². The normalized spacial score (nSPS) is 12.2. The van der Waals surface area contributed by atoms with Crippen LogP contribution in [0.3, 0.4) is 0 Å². The molecule has 0 saturated carbocycles. The number of nitrogens with one attached hydrogen (secondary N) is 2. The third kappa shape index (κ3) is 3.16. The zero-order valence-electron chi connectivity index (χ0n) is 14.1. The van der Waals surface area contributed by atoms with Crippen LogP contribution in [0.15, 0.2) is 54.6 Å². The van der Waals surface area contributed by atoms with Crippen LogP contribution in [0.2, 0.25) is 0 Å². The number of nitrogens with zero attached hydrogens (tertiary/aromatic N) is 5. The van der Waals surface area contributed by atoms with Crippen LogP contribution < -0.4 is 5.32 Å². The van der Waals surface area contributed by atoms with Gasteiger partial charge in [0, 0.05) is 6.42 Å².